The van der Waals surface area contributed by atoms with Gasteiger partial charge in [-0.3, -0.25) is 4.79 Å². The van der Waals surface area contributed by atoms with Crippen molar-refractivity contribution < 1.29 is 14.6 Å². The third-order valence-electron chi connectivity index (χ3n) is 4.63. The van der Waals surface area contributed by atoms with E-state index in [0.29, 0.717) is 12.2 Å². The Kier molecular flexibility index (Phi) is 3.86. The minimum atomic E-state index is -0.749. The van der Waals surface area contributed by atoms with Crippen LogP contribution in [0.5, 0.6) is 5.75 Å². The zero-order valence-corrected chi connectivity index (χ0v) is 13.3. The summed E-state index contributed by atoms with van der Waals surface area (Å²) in [7, 11) is 0. The molecule has 0 saturated heterocycles. The number of anilines is 1. The van der Waals surface area contributed by atoms with Crippen LogP contribution in [0.25, 0.3) is 0 Å². The number of aliphatic hydroxyl groups excluding tert-OH is 1. The van der Waals surface area contributed by atoms with E-state index >= 15 is 0 Å². The lowest BCUT2D eigenvalue weighted by atomic mass is 9.99. The summed E-state index contributed by atoms with van der Waals surface area (Å²) in [6, 6.07) is 13.0. The van der Waals surface area contributed by atoms with Crippen molar-refractivity contribution in [3.05, 3.63) is 59.2 Å². The van der Waals surface area contributed by atoms with Gasteiger partial charge in [-0.1, -0.05) is 30.3 Å². The summed E-state index contributed by atoms with van der Waals surface area (Å²) in [6.07, 6.45) is 0.577. The van der Waals surface area contributed by atoms with Crippen LogP contribution in [-0.2, 0) is 17.6 Å². The summed E-state index contributed by atoms with van der Waals surface area (Å²) >= 11 is 0. The van der Waals surface area contributed by atoms with E-state index in [1.165, 1.54) is 5.56 Å². The number of ether oxygens (including phenoxy) is 1. The van der Waals surface area contributed by atoms with Crippen LogP contribution in [0.3, 0.4) is 0 Å². The highest BCUT2D eigenvalue weighted by Gasteiger charge is 2.30. The monoisotopic (exact) mass is 324 g/mol. The lowest BCUT2D eigenvalue weighted by Crippen LogP contribution is -2.46. The van der Waals surface area contributed by atoms with Gasteiger partial charge in [0.25, 0.3) is 0 Å². The molecular formula is C19H20N2O3. The molecule has 5 heteroatoms. The molecule has 0 aromatic heterocycles. The SMILES string of the molecule is O=C(Cc1ccc2c(c1)NCC2)NC1COc2ccccc2C1O. The van der Waals surface area contributed by atoms with Gasteiger partial charge in [-0.25, -0.2) is 0 Å². The van der Waals surface area contributed by atoms with Gasteiger partial charge in [0.15, 0.2) is 0 Å². The van der Waals surface area contributed by atoms with Gasteiger partial charge in [-0.05, 0) is 29.7 Å². The van der Waals surface area contributed by atoms with E-state index in [1.807, 2.05) is 36.4 Å². The fourth-order valence-corrected chi connectivity index (χ4v) is 3.36. The van der Waals surface area contributed by atoms with Crippen LogP contribution in [0, 0.1) is 0 Å². The fraction of sp³-hybridized carbons (Fsp3) is 0.316. The highest BCUT2D eigenvalue weighted by molar-refractivity contribution is 5.79. The molecular weight excluding hydrogens is 304 g/mol. The largest absolute Gasteiger partial charge is 0.491 e. The van der Waals surface area contributed by atoms with Gasteiger partial charge in [0.05, 0.1) is 12.5 Å². The normalized spacial score (nSPS) is 21.2. The Labute approximate surface area is 140 Å². The van der Waals surface area contributed by atoms with Crippen molar-refractivity contribution in [3.8, 4) is 5.75 Å². The Bertz CT molecular complexity index is 775. The van der Waals surface area contributed by atoms with Crippen molar-refractivity contribution in [1.82, 2.24) is 5.32 Å². The summed E-state index contributed by atoms with van der Waals surface area (Å²) in [4.78, 5) is 12.3. The Morgan fingerprint density at radius 3 is 3.08 bits per heavy atom. The number of fused-ring (bicyclic) bond motifs is 2. The highest BCUT2D eigenvalue weighted by Crippen LogP contribution is 2.31. The molecule has 2 aromatic carbocycles. The summed E-state index contributed by atoms with van der Waals surface area (Å²) in [5.41, 5.74) is 4.10. The third kappa shape index (κ3) is 2.83. The molecule has 0 fully saturated rings. The van der Waals surface area contributed by atoms with Crippen LogP contribution in [0.15, 0.2) is 42.5 Å². The van der Waals surface area contributed by atoms with Gasteiger partial charge in [-0.15, -0.1) is 0 Å². The first-order valence-corrected chi connectivity index (χ1v) is 8.25. The van der Waals surface area contributed by atoms with Gasteiger partial charge in [0.2, 0.25) is 5.91 Å². The van der Waals surface area contributed by atoms with Crippen LogP contribution >= 0.6 is 0 Å². The number of benzene rings is 2. The third-order valence-corrected chi connectivity index (χ3v) is 4.63. The van der Waals surface area contributed by atoms with Crippen molar-refractivity contribution in [3.63, 3.8) is 0 Å². The molecule has 124 valence electrons. The standard InChI is InChI=1S/C19H20N2O3/c22-18(10-12-5-6-13-7-8-20-15(13)9-12)21-16-11-24-17-4-2-1-3-14(17)19(16)23/h1-6,9,16,19-20,23H,7-8,10-11H2,(H,21,22). The van der Waals surface area contributed by atoms with Gasteiger partial charge in [-0.2, -0.15) is 0 Å². The molecule has 0 spiro atoms. The van der Waals surface area contributed by atoms with E-state index in [1.54, 1.807) is 0 Å². The molecule has 5 nitrogen and oxygen atoms in total. The summed E-state index contributed by atoms with van der Waals surface area (Å²) < 4.78 is 5.63. The van der Waals surface area contributed by atoms with Gasteiger partial charge >= 0.3 is 0 Å². The second-order valence-corrected chi connectivity index (χ2v) is 6.31. The zero-order valence-electron chi connectivity index (χ0n) is 13.3. The number of nitrogens with one attached hydrogen (secondary N) is 2. The summed E-state index contributed by atoms with van der Waals surface area (Å²) in [6.45, 7) is 1.23. The van der Waals surface area contributed by atoms with Crippen LogP contribution < -0.4 is 15.4 Å². The molecule has 2 aliphatic rings. The molecule has 2 atom stereocenters. The summed E-state index contributed by atoms with van der Waals surface area (Å²) in [5, 5.41) is 16.7. The number of amides is 1. The smallest absolute Gasteiger partial charge is 0.224 e. The first-order valence-electron chi connectivity index (χ1n) is 8.25. The quantitative estimate of drug-likeness (QED) is 0.805. The topological polar surface area (TPSA) is 70.6 Å². The molecule has 0 radical (unpaired) electrons. The predicted octanol–water partition coefficient (Wildman–Crippen LogP) is 1.81. The molecule has 2 aromatic rings. The van der Waals surface area contributed by atoms with E-state index in [9.17, 15) is 9.90 Å². The second kappa shape index (κ2) is 6.17. The lowest BCUT2D eigenvalue weighted by molar-refractivity contribution is -0.122. The van der Waals surface area contributed by atoms with Crippen molar-refractivity contribution in [2.45, 2.75) is 25.0 Å². The van der Waals surface area contributed by atoms with Crippen LogP contribution in [-0.4, -0.2) is 30.2 Å². The van der Waals surface area contributed by atoms with Gasteiger partial charge in [0, 0.05) is 17.8 Å². The molecule has 1 amide bonds. The van der Waals surface area contributed by atoms with Crippen LogP contribution in [0.4, 0.5) is 5.69 Å². The number of aliphatic hydroxyl groups is 1. The molecule has 2 heterocycles. The van der Waals surface area contributed by atoms with Crippen molar-refractivity contribution >= 4 is 11.6 Å². The fourth-order valence-electron chi connectivity index (χ4n) is 3.36. The van der Waals surface area contributed by atoms with Gasteiger partial charge in [0.1, 0.15) is 18.5 Å². The first kappa shape index (κ1) is 15.0. The van der Waals surface area contributed by atoms with Crippen molar-refractivity contribution in [2.24, 2.45) is 0 Å². The number of hydrogen-bond acceptors (Lipinski definition) is 4. The van der Waals surface area contributed by atoms with Crippen LogP contribution in [0.2, 0.25) is 0 Å². The maximum atomic E-state index is 12.3. The average molecular weight is 324 g/mol. The Morgan fingerprint density at radius 2 is 2.17 bits per heavy atom. The molecule has 0 bridgehead atoms. The maximum absolute atomic E-state index is 12.3. The Balaban J connectivity index is 1.41. The van der Waals surface area contributed by atoms with E-state index in [0.717, 1.165) is 29.8 Å². The molecule has 0 saturated carbocycles. The predicted molar refractivity (Wildman–Crippen MR) is 91.2 cm³/mol. The van der Waals surface area contributed by atoms with Crippen molar-refractivity contribution in [1.29, 1.82) is 0 Å². The molecule has 4 rings (SSSR count). The number of carbonyl (C=O) groups excluding carboxylic acids is 1. The van der Waals surface area contributed by atoms with Crippen molar-refractivity contribution in [2.75, 3.05) is 18.5 Å². The molecule has 2 unspecified atom stereocenters. The van der Waals surface area contributed by atoms with E-state index in [4.69, 9.17) is 4.74 Å². The lowest BCUT2D eigenvalue weighted by Gasteiger charge is -2.30. The average Bonchev–Trinajstić information content (AvgIpc) is 3.05. The maximum Gasteiger partial charge on any atom is 0.224 e. The number of hydrogen-bond donors (Lipinski definition) is 3. The zero-order chi connectivity index (χ0) is 16.5. The van der Waals surface area contributed by atoms with Crippen LogP contribution in [0.1, 0.15) is 22.8 Å². The molecule has 24 heavy (non-hydrogen) atoms. The number of para-hydroxylation sites is 1. The second-order valence-electron chi connectivity index (χ2n) is 6.31. The van der Waals surface area contributed by atoms with Gasteiger partial charge < -0.3 is 20.5 Å². The minimum absolute atomic E-state index is 0.111. The number of rotatable bonds is 3. The van der Waals surface area contributed by atoms with E-state index in [2.05, 4.69) is 16.7 Å². The molecule has 0 aliphatic carbocycles. The van der Waals surface area contributed by atoms with E-state index in [-0.39, 0.29) is 12.5 Å². The first-order chi connectivity index (χ1) is 11.7. The number of carbonyl (C=O) groups is 1. The summed E-state index contributed by atoms with van der Waals surface area (Å²) in [5.74, 6) is 0.570. The van der Waals surface area contributed by atoms with E-state index < -0.39 is 12.1 Å². The highest BCUT2D eigenvalue weighted by atomic mass is 16.5. The Morgan fingerprint density at radius 1 is 1.29 bits per heavy atom. The molecule has 2 aliphatic heterocycles. The molecule has 3 N–H and O–H groups in total. The minimum Gasteiger partial charge on any atom is -0.491 e. The Hall–Kier alpha value is -2.53.